The highest BCUT2D eigenvalue weighted by Gasteiger charge is 2.08. The summed E-state index contributed by atoms with van der Waals surface area (Å²) >= 11 is 3.39. The topological polar surface area (TPSA) is 47.3 Å². The van der Waals surface area contributed by atoms with Crippen LogP contribution in [0.5, 0.6) is 0 Å². The molecule has 0 unspecified atom stereocenters. The van der Waals surface area contributed by atoms with Gasteiger partial charge in [0, 0.05) is 6.20 Å². The second-order valence-electron chi connectivity index (χ2n) is 4.44. The molecule has 1 N–H and O–H groups in total. The van der Waals surface area contributed by atoms with E-state index in [2.05, 4.69) is 21.0 Å². The molecule has 0 spiro atoms. The Morgan fingerprint density at radius 3 is 2.74 bits per heavy atom. The van der Waals surface area contributed by atoms with E-state index in [9.17, 15) is 5.11 Å². The van der Waals surface area contributed by atoms with Crippen molar-refractivity contribution in [2.45, 2.75) is 26.2 Å². The highest BCUT2D eigenvalue weighted by molar-refractivity contribution is 9.10. The second kappa shape index (κ2) is 6.84. The van der Waals surface area contributed by atoms with Gasteiger partial charge in [-0.15, -0.1) is 0 Å². The standard InChI is InChI=1S/C14H17BrN2O2/c1-11-14(15)8-17(16-11)7-13(18)10-19-9-12-5-3-2-4-6-12/h2-6,8,13,18H,7,9-10H2,1H3/t13-/m0/s1. The van der Waals surface area contributed by atoms with Gasteiger partial charge in [0.1, 0.15) is 0 Å². The molecule has 0 fully saturated rings. The molecule has 4 nitrogen and oxygen atoms in total. The van der Waals surface area contributed by atoms with E-state index in [1.54, 1.807) is 4.68 Å². The quantitative estimate of drug-likeness (QED) is 0.888. The molecule has 0 aliphatic heterocycles. The zero-order chi connectivity index (χ0) is 13.7. The normalized spacial score (nSPS) is 12.6. The lowest BCUT2D eigenvalue weighted by atomic mass is 10.2. The van der Waals surface area contributed by atoms with Crippen LogP contribution in [0.15, 0.2) is 41.0 Å². The Hall–Kier alpha value is -1.17. The van der Waals surface area contributed by atoms with Gasteiger partial charge in [0.2, 0.25) is 0 Å². The van der Waals surface area contributed by atoms with Crippen LogP contribution in [0.4, 0.5) is 0 Å². The molecule has 1 atom stereocenters. The first kappa shape index (κ1) is 14.2. The van der Waals surface area contributed by atoms with Gasteiger partial charge in [-0.1, -0.05) is 30.3 Å². The van der Waals surface area contributed by atoms with Gasteiger partial charge < -0.3 is 9.84 Å². The van der Waals surface area contributed by atoms with Crippen molar-refractivity contribution in [1.82, 2.24) is 9.78 Å². The number of ether oxygens (including phenoxy) is 1. The number of aliphatic hydroxyl groups excluding tert-OH is 1. The molecule has 19 heavy (non-hydrogen) atoms. The van der Waals surface area contributed by atoms with Crippen molar-refractivity contribution in [3.8, 4) is 0 Å². The Kier molecular flexibility index (Phi) is 5.13. The Labute approximate surface area is 121 Å². The van der Waals surface area contributed by atoms with Crippen molar-refractivity contribution in [3.63, 3.8) is 0 Å². The average Bonchev–Trinajstić information content (AvgIpc) is 2.69. The SMILES string of the molecule is Cc1nn(C[C@H](O)COCc2ccccc2)cc1Br. The smallest absolute Gasteiger partial charge is 0.0969 e. The van der Waals surface area contributed by atoms with Gasteiger partial charge in [-0.25, -0.2) is 0 Å². The third-order valence-corrected chi connectivity index (χ3v) is 3.48. The van der Waals surface area contributed by atoms with Gasteiger partial charge in [-0.3, -0.25) is 4.68 Å². The molecular weight excluding hydrogens is 308 g/mol. The first-order chi connectivity index (χ1) is 9.15. The molecular formula is C14H17BrN2O2. The summed E-state index contributed by atoms with van der Waals surface area (Å²) in [6.07, 6.45) is 1.30. The van der Waals surface area contributed by atoms with E-state index < -0.39 is 6.10 Å². The third-order valence-electron chi connectivity index (χ3n) is 2.71. The van der Waals surface area contributed by atoms with Gasteiger partial charge in [-0.05, 0) is 28.4 Å². The summed E-state index contributed by atoms with van der Waals surface area (Å²) in [7, 11) is 0. The largest absolute Gasteiger partial charge is 0.389 e. The number of benzene rings is 1. The molecule has 2 rings (SSSR count). The van der Waals surface area contributed by atoms with Crippen molar-refractivity contribution >= 4 is 15.9 Å². The van der Waals surface area contributed by atoms with E-state index >= 15 is 0 Å². The van der Waals surface area contributed by atoms with E-state index in [1.165, 1.54) is 0 Å². The molecule has 0 aliphatic rings. The minimum absolute atomic E-state index is 0.297. The zero-order valence-corrected chi connectivity index (χ0v) is 12.4. The van der Waals surface area contributed by atoms with Crippen molar-refractivity contribution in [1.29, 1.82) is 0 Å². The lowest BCUT2D eigenvalue weighted by molar-refractivity contribution is 0.0187. The molecule has 1 heterocycles. The number of hydrogen-bond donors (Lipinski definition) is 1. The van der Waals surface area contributed by atoms with E-state index in [4.69, 9.17) is 4.74 Å². The lowest BCUT2D eigenvalue weighted by Crippen LogP contribution is -2.22. The Morgan fingerprint density at radius 1 is 1.37 bits per heavy atom. The Morgan fingerprint density at radius 2 is 2.11 bits per heavy atom. The van der Waals surface area contributed by atoms with Gasteiger partial charge >= 0.3 is 0 Å². The molecule has 0 saturated heterocycles. The number of hydrogen-bond acceptors (Lipinski definition) is 3. The van der Waals surface area contributed by atoms with Crippen LogP contribution in [0, 0.1) is 6.92 Å². The molecule has 0 saturated carbocycles. The zero-order valence-electron chi connectivity index (χ0n) is 10.8. The summed E-state index contributed by atoms with van der Waals surface area (Å²) in [5.74, 6) is 0. The molecule has 0 radical (unpaired) electrons. The van der Waals surface area contributed by atoms with Gasteiger partial charge in [0.15, 0.2) is 0 Å². The van der Waals surface area contributed by atoms with Crippen LogP contribution in [0.2, 0.25) is 0 Å². The van der Waals surface area contributed by atoms with E-state index in [0.717, 1.165) is 15.7 Å². The van der Waals surface area contributed by atoms with Gasteiger partial charge in [0.25, 0.3) is 0 Å². The predicted octanol–water partition coefficient (Wildman–Crippen LogP) is 2.53. The average molecular weight is 325 g/mol. The van der Waals surface area contributed by atoms with E-state index in [1.807, 2.05) is 43.5 Å². The first-order valence-corrected chi connectivity index (χ1v) is 6.93. The van der Waals surface area contributed by atoms with Crippen molar-refractivity contribution in [3.05, 3.63) is 52.3 Å². The monoisotopic (exact) mass is 324 g/mol. The van der Waals surface area contributed by atoms with E-state index in [0.29, 0.717) is 19.8 Å². The fourth-order valence-corrected chi connectivity index (χ4v) is 2.06. The number of rotatable bonds is 6. The molecule has 5 heteroatoms. The van der Waals surface area contributed by atoms with Crippen LogP contribution in [-0.2, 0) is 17.9 Å². The van der Waals surface area contributed by atoms with Crippen molar-refractivity contribution in [2.75, 3.05) is 6.61 Å². The summed E-state index contributed by atoms with van der Waals surface area (Å²) in [6, 6.07) is 9.91. The van der Waals surface area contributed by atoms with Crippen LogP contribution in [-0.4, -0.2) is 27.6 Å². The van der Waals surface area contributed by atoms with Gasteiger partial charge in [0.05, 0.1) is 36.0 Å². The fraction of sp³-hybridized carbons (Fsp3) is 0.357. The predicted molar refractivity (Wildman–Crippen MR) is 76.8 cm³/mol. The summed E-state index contributed by atoms with van der Waals surface area (Å²) < 4.78 is 8.16. The second-order valence-corrected chi connectivity index (χ2v) is 5.29. The maximum Gasteiger partial charge on any atom is 0.0969 e. The Bertz CT molecular complexity index is 494. The van der Waals surface area contributed by atoms with E-state index in [-0.39, 0.29) is 0 Å². The van der Waals surface area contributed by atoms with Crippen LogP contribution in [0.25, 0.3) is 0 Å². The van der Waals surface area contributed by atoms with Crippen LogP contribution in [0.3, 0.4) is 0 Å². The third kappa shape index (κ3) is 4.45. The molecule has 2 aromatic rings. The molecule has 0 bridgehead atoms. The highest BCUT2D eigenvalue weighted by Crippen LogP contribution is 2.13. The molecule has 1 aromatic heterocycles. The molecule has 102 valence electrons. The van der Waals surface area contributed by atoms with Crippen LogP contribution >= 0.6 is 15.9 Å². The molecule has 0 aliphatic carbocycles. The first-order valence-electron chi connectivity index (χ1n) is 6.14. The number of aliphatic hydroxyl groups is 1. The minimum Gasteiger partial charge on any atom is -0.389 e. The maximum atomic E-state index is 9.88. The lowest BCUT2D eigenvalue weighted by Gasteiger charge is -2.11. The molecule has 0 amide bonds. The number of halogens is 1. The van der Waals surface area contributed by atoms with Crippen LogP contribution in [0.1, 0.15) is 11.3 Å². The summed E-state index contributed by atoms with van der Waals surface area (Å²) in [4.78, 5) is 0. The number of nitrogens with zero attached hydrogens (tertiary/aromatic N) is 2. The minimum atomic E-state index is -0.560. The van der Waals surface area contributed by atoms with Crippen LogP contribution < -0.4 is 0 Å². The number of aromatic nitrogens is 2. The summed E-state index contributed by atoms with van der Waals surface area (Å²) in [5, 5.41) is 14.2. The highest BCUT2D eigenvalue weighted by atomic mass is 79.9. The number of aryl methyl sites for hydroxylation is 1. The molecule has 1 aromatic carbocycles. The summed E-state index contributed by atoms with van der Waals surface area (Å²) in [5.41, 5.74) is 2.02. The van der Waals surface area contributed by atoms with Crippen molar-refractivity contribution < 1.29 is 9.84 Å². The van der Waals surface area contributed by atoms with Crippen molar-refractivity contribution in [2.24, 2.45) is 0 Å². The maximum absolute atomic E-state index is 9.88. The Balaban J connectivity index is 1.74. The fourth-order valence-electron chi connectivity index (χ4n) is 1.74. The van der Waals surface area contributed by atoms with Gasteiger partial charge in [-0.2, -0.15) is 5.10 Å². The summed E-state index contributed by atoms with van der Waals surface area (Å²) in [6.45, 7) is 3.16.